The average molecular weight is 360 g/mol. The van der Waals surface area contributed by atoms with Crippen LogP contribution >= 0.6 is 0 Å². The molecule has 1 amide bonds. The molecule has 1 N–H and O–H groups in total. The van der Waals surface area contributed by atoms with Crippen molar-refractivity contribution in [3.63, 3.8) is 0 Å². The number of nitrogens with one attached hydrogen (secondary N) is 1. The number of carbonyl (C=O) groups excluding carboxylic acids is 1. The van der Waals surface area contributed by atoms with Crippen molar-refractivity contribution >= 4 is 21.4 Å². The Bertz CT molecular complexity index is 667. The summed E-state index contributed by atoms with van der Waals surface area (Å²) in [7, 11) is -4.55. The molecule has 1 aromatic rings. The molecule has 1 heterocycles. The smallest absolute Gasteiger partial charge is 0.341 e. The van der Waals surface area contributed by atoms with E-state index < -0.39 is 15.6 Å². The highest BCUT2D eigenvalue weighted by Crippen LogP contribution is 2.24. The number of halogens is 2. The summed E-state index contributed by atoms with van der Waals surface area (Å²) < 4.78 is 47.9. The molecule has 134 valence electrons. The van der Waals surface area contributed by atoms with E-state index in [1.807, 2.05) is 13.8 Å². The molecule has 1 fully saturated rings. The van der Waals surface area contributed by atoms with Gasteiger partial charge in [0.2, 0.25) is 15.7 Å². The lowest BCUT2D eigenvalue weighted by Gasteiger charge is -2.34. The molecule has 0 aromatic heterocycles. The van der Waals surface area contributed by atoms with E-state index in [0.717, 1.165) is 18.5 Å². The van der Waals surface area contributed by atoms with Crippen molar-refractivity contribution in [1.29, 1.82) is 0 Å². The number of nitrogens with zero attached hydrogens (tertiary/aromatic N) is 1. The molecule has 1 aliphatic heterocycles. The van der Waals surface area contributed by atoms with E-state index in [9.17, 15) is 22.0 Å². The molecule has 0 bridgehead atoms. The van der Waals surface area contributed by atoms with Gasteiger partial charge in [-0.1, -0.05) is 13.8 Å². The maximum absolute atomic E-state index is 12.5. The van der Waals surface area contributed by atoms with Gasteiger partial charge in [-0.15, -0.1) is 0 Å². The number of piperidine rings is 1. The van der Waals surface area contributed by atoms with Gasteiger partial charge in [0, 0.05) is 30.7 Å². The molecular formula is C16H22F2N2O3S. The van der Waals surface area contributed by atoms with Gasteiger partial charge >= 0.3 is 5.76 Å². The number of rotatable bonds is 5. The summed E-state index contributed by atoms with van der Waals surface area (Å²) in [5, 5.41) is 3.00. The van der Waals surface area contributed by atoms with E-state index in [1.54, 1.807) is 12.1 Å². The molecule has 5 nitrogen and oxygen atoms in total. The monoisotopic (exact) mass is 360 g/mol. The van der Waals surface area contributed by atoms with E-state index in [-0.39, 0.29) is 22.8 Å². The predicted molar refractivity (Wildman–Crippen MR) is 87.8 cm³/mol. The van der Waals surface area contributed by atoms with E-state index in [1.165, 1.54) is 12.1 Å². The summed E-state index contributed by atoms with van der Waals surface area (Å²) in [6, 6.07) is 5.65. The Hall–Kier alpha value is -1.70. The fraction of sp³-hybridized carbons (Fsp3) is 0.562. The predicted octanol–water partition coefficient (Wildman–Crippen LogP) is 2.42. The van der Waals surface area contributed by atoms with Crippen molar-refractivity contribution in [2.45, 2.75) is 43.4 Å². The zero-order valence-corrected chi connectivity index (χ0v) is 14.5. The maximum Gasteiger partial charge on any atom is 0.341 e. The number of benzene rings is 1. The molecule has 2 rings (SSSR count). The largest absolute Gasteiger partial charge is 0.371 e. The average Bonchev–Trinajstić information content (AvgIpc) is 2.55. The van der Waals surface area contributed by atoms with Crippen LogP contribution in [0.4, 0.5) is 14.5 Å². The molecule has 0 spiro atoms. The van der Waals surface area contributed by atoms with Gasteiger partial charge in [0.15, 0.2) is 0 Å². The third-order valence-electron chi connectivity index (χ3n) is 4.13. The minimum absolute atomic E-state index is 0.0370. The Morgan fingerprint density at radius 2 is 1.71 bits per heavy atom. The summed E-state index contributed by atoms with van der Waals surface area (Å²) in [5.74, 6) is -3.42. The van der Waals surface area contributed by atoms with Crippen molar-refractivity contribution < 1.29 is 22.0 Å². The first kappa shape index (κ1) is 18.6. The molecule has 1 aliphatic rings. The van der Waals surface area contributed by atoms with Gasteiger partial charge in [-0.3, -0.25) is 4.79 Å². The first-order valence-electron chi connectivity index (χ1n) is 7.89. The van der Waals surface area contributed by atoms with Crippen molar-refractivity contribution in [2.24, 2.45) is 5.92 Å². The van der Waals surface area contributed by atoms with E-state index in [2.05, 4.69) is 10.2 Å². The van der Waals surface area contributed by atoms with Gasteiger partial charge in [-0.05, 0) is 37.1 Å². The molecule has 0 aliphatic carbocycles. The van der Waals surface area contributed by atoms with Crippen LogP contribution in [0.3, 0.4) is 0 Å². The Kier molecular flexibility index (Phi) is 5.79. The van der Waals surface area contributed by atoms with E-state index in [4.69, 9.17) is 0 Å². The number of anilines is 1. The number of carbonyl (C=O) groups is 1. The first-order valence-corrected chi connectivity index (χ1v) is 9.44. The van der Waals surface area contributed by atoms with Crippen LogP contribution < -0.4 is 10.2 Å². The summed E-state index contributed by atoms with van der Waals surface area (Å²) in [6.45, 7) is 5.12. The Labute approximate surface area is 141 Å². The molecule has 0 atom stereocenters. The summed E-state index contributed by atoms with van der Waals surface area (Å²) in [6.07, 6.45) is 1.57. The molecular weight excluding hydrogens is 338 g/mol. The lowest BCUT2D eigenvalue weighted by molar-refractivity contribution is -0.124. The van der Waals surface area contributed by atoms with Crippen molar-refractivity contribution in [1.82, 2.24) is 5.32 Å². The number of sulfone groups is 1. The van der Waals surface area contributed by atoms with Gasteiger partial charge in [0.1, 0.15) is 0 Å². The van der Waals surface area contributed by atoms with Crippen LogP contribution in [0.2, 0.25) is 0 Å². The lowest BCUT2D eigenvalue weighted by Crippen LogP contribution is -2.45. The maximum atomic E-state index is 12.5. The number of hydrogen-bond donors (Lipinski definition) is 1. The van der Waals surface area contributed by atoms with E-state index >= 15 is 0 Å². The second-order valence-electron chi connectivity index (χ2n) is 6.22. The molecule has 24 heavy (non-hydrogen) atoms. The van der Waals surface area contributed by atoms with Gasteiger partial charge in [-0.2, -0.15) is 8.78 Å². The Balaban J connectivity index is 1.96. The number of hydrogen-bond acceptors (Lipinski definition) is 4. The second kappa shape index (κ2) is 7.46. The molecule has 1 aromatic carbocycles. The van der Waals surface area contributed by atoms with Gasteiger partial charge in [-0.25, -0.2) is 8.42 Å². The normalized spacial score (nSPS) is 16.7. The fourth-order valence-corrected chi connectivity index (χ4v) is 3.32. The van der Waals surface area contributed by atoms with Crippen LogP contribution in [0.25, 0.3) is 0 Å². The van der Waals surface area contributed by atoms with Crippen LogP contribution in [-0.4, -0.2) is 39.2 Å². The standard InChI is InChI=1S/C16H22F2N2O3S/c1-11(2)15(21)19-12-7-9-20(10-8-12)13-3-5-14(6-4-13)24(22,23)16(17)18/h3-6,11-12,16H,7-10H2,1-2H3,(H,19,21). The van der Waals surface area contributed by atoms with Gasteiger partial charge in [0.25, 0.3) is 0 Å². The SMILES string of the molecule is CC(C)C(=O)NC1CCN(c2ccc(S(=O)(=O)C(F)F)cc2)CC1. The van der Waals surface area contributed by atoms with Crippen LogP contribution in [0.5, 0.6) is 0 Å². The molecule has 0 unspecified atom stereocenters. The van der Waals surface area contributed by atoms with Gasteiger partial charge < -0.3 is 10.2 Å². The molecule has 1 saturated heterocycles. The van der Waals surface area contributed by atoms with Crippen LogP contribution in [-0.2, 0) is 14.6 Å². The number of alkyl halides is 2. The lowest BCUT2D eigenvalue weighted by atomic mass is 10.0. The molecule has 8 heteroatoms. The summed E-state index contributed by atoms with van der Waals surface area (Å²) >= 11 is 0. The van der Waals surface area contributed by atoms with Crippen molar-refractivity contribution in [2.75, 3.05) is 18.0 Å². The summed E-state index contributed by atoms with van der Waals surface area (Å²) in [4.78, 5) is 13.4. The first-order chi connectivity index (χ1) is 11.2. The molecule has 0 saturated carbocycles. The minimum Gasteiger partial charge on any atom is -0.371 e. The summed E-state index contributed by atoms with van der Waals surface area (Å²) in [5.41, 5.74) is 0.789. The highest BCUT2D eigenvalue weighted by molar-refractivity contribution is 7.91. The second-order valence-corrected chi connectivity index (χ2v) is 8.14. The molecule has 0 radical (unpaired) electrons. The zero-order chi connectivity index (χ0) is 17.9. The Morgan fingerprint density at radius 3 is 2.17 bits per heavy atom. The van der Waals surface area contributed by atoms with Crippen LogP contribution in [0.1, 0.15) is 26.7 Å². The van der Waals surface area contributed by atoms with Crippen LogP contribution in [0, 0.1) is 5.92 Å². The van der Waals surface area contributed by atoms with Crippen molar-refractivity contribution in [3.05, 3.63) is 24.3 Å². The number of amides is 1. The topological polar surface area (TPSA) is 66.5 Å². The quantitative estimate of drug-likeness (QED) is 0.876. The third kappa shape index (κ3) is 4.23. The van der Waals surface area contributed by atoms with Gasteiger partial charge in [0.05, 0.1) is 4.90 Å². The van der Waals surface area contributed by atoms with Crippen molar-refractivity contribution in [3.8, 4) is 0 Å². The highest BCUT2D eigenvalue weighted by Gasteiger charge is 2.27. The highest BCUT2D eigenvalue weighted by atomic mass is 32.2. The fourth-order valence-electron chi connectivity index (χ4n) is 2.60. The zero-order valence-electron chi connectivity index (χ0n) is 13.7. The van der Waals surface area contributed by atoms with Crippen LogP contribution in [0.15, 0.2) is 29.2 Å². The third-order valence-corrected chi connectivity index (χ3v) is 5.53. The minimum atomic E-state index is -4.55. The van der Waals surface area contributed by atoms with E-state index in [0.29, 0.717) is 13.1 Å². The Morgan fingerprint density at radius 1 is 1.17 bits per heavy atom.